The molecule has 0 saturated carbocycles. The Morgan fingerprint density at radius 1 is 0.860 bits per heavy atom. The van der Waals surface area contributed by atoms with Crippen LogP contribution in [0.25, 0.3) is 6.08 Å². The number of phenolic OH excluding ortho intramolecular Hbond substituents is 4. The van der Waals surface area contributed by atoms with Crippen LogP contribution in [0, 0.1) is 0 Å². The first-order valence-corrected chi connectivity index (χ1v) is 13.3. The minimum atomic E-state index is -1.76. The fourth-order valence-electron chi connectivity index (χ4n) is 4.53. The second-order valence-corrected chi connectivity index (χ2v) is 9.99. The Balaban J connectivity index is 1.50. The van der Waals surface area contributed by atoms with Crippen molar-refractivity contribution in [3.05, 3.63) is 53.6 Å². The predicted octanol–water partition coefficient (Wildman–Crippen LogP) is -1.40. The zero-order chi connectivity index (χ0) is 31.3. The van der Waals surface area contributed by atoms with Gasteiger partial charge in [0.05, 0.1) is 19.8 Å². The summed E-state index contributed by atoms with van der Waals surface area (Å²) < 4.78 is 27.8. The van der Waals surface area contributed by atoms with E-state index in [9.17, 15) is 50.8 Å². The van der Waals surface area contributed by atoms with Gasteiger partial charge in [0.1, 0.15) is 36.6 Å². The largest absolute Gasteiger partial charge is 0.504 e. The molecular formula is C28H34O15. The molecule has 9 atom stereocenters. The van der Waals surface area contributed by atoms with Crippen molar-refractivity contribution in [2.45, 2.75) is 61.7 Å². The lowest BCUT2D eigenvalue weighted by molar-refractivity contribution is -0.349. The van der Waals surface area contributed by atoms with E-state index >= 15 is 0 Å². The van der Waals surface area contributed by atoms with Crippen LogP contribution in [0.5, 0.6) is 23.0 Å². The molecule has 2 aromatic carbocycles. The molecule has 43 heavy (non-hydrogen) atoms. The number of aromatic hydroxyl groups is 4. The number of aliphatic hydroxyl groups excluding tert-OH is 5. The van der Waals surface area contributed by atoms with Crippen LogP contribution in [0.2, 0.25) is 0 Å². The Bertz CT molecular complexity index is 1270. The molecule has 2 aromatic rings. The highest BCUT2D eigenvalue weighted by Crippen LogP contribution is 2.31. The van der Waals surface area contributed by atoms with Crippen LogP contribution in [0.15, 0.2) is 42.5 Å². The molecule has 15 nitrogen and oxygen atoms in total. The molecule has 0 unspecified atom stereocenters. The summed E-state index contributed by atoms with van der Waals surface area (Å²) in [6.45, 7) is -1.23. The highest BCUT2D eigenvalue weighted by atomic mass is 16.7. The third kappa shape index (κ3) is 7.91. The molecule has 236 valence electrons. The summed E-state index contributed by atoms with van der Waals surface area (Å²) in [5, 5.41) is 89.8. The smallest absolute Gasteiger partial charge is 0.331 e. The number of hydrogen-bond acceptors (Lipinski definition) is 15. The Labute approximate surface area is 245 Å². The minimum Gasteiger partial charge on any atom is -0.504 e. The quantitative estimate of drug-likeness (QED) is 0.0853. The number of aliphatic hydroxyl groups is 5. The third-order valence-electron chi connectivity index (χ3n) is 6.92. The van der Waals surface area contributed by atoms with Gasteiger partial charge in [-0.25, -0.2) is 4.79 Å². The Morgan fingerprint density at radius 3 is 2.23 bits per heavy atom. The van der Waals surface area contributed by atoms with Crippen LogP contribution in [0.1, 0.15) is 11.1 Å². The zero-order valence-corrected chi connectivity index (χ0v) is 22.6. The van der Waals surface area contributed by atoms with Crippen molar-refractivity contribution in [1.29, 1.82) is 0 Å². The molecule has 9 N–H and O–H groups in total. The van der Waals surface area contributed by atoms with Gasteiger partial charge in [0, 0.05) is 6.08 Å². The lowest BCUT2D eigenvalue weighted by Gasteiger charge is -2.45. The van der Waals surface area contributed by atoms with Crippen molar-refractivity contribution in [3.8, 4) is 23.0 Å². The zero-order valence-electron chi connectivity index (χ0n) is 22.6. The first-order valence-electron chi connectivity index (χ1n) is 13.3. The van der Waals surface area contributed by atoms with Gasteiger partial charge >= 0.3 is 5.97 Å². The summed E-state index contributed by atoms with van der Waals surface area (Å²) in [5.41, 5.74) is 0.916. The summed E-state index contributed by atoms with van der Waals surface area (Å²) in [6, 6.07) is 7.98. The molecule has 15 heteroatoms. The molecule has 2 heterocycles. The Morgan fingerprint density at radius 2 is 1.56 bits per heavy atom. The molecule has 0 aromatic heterocycles. The average molecular weight is 611 g/mol. The third-order valence-corrected chi connectivity index (χ3v) is 6.92. The summed E-state index contributed by atoms with van der Waals surface area (Å²) >= 11 is 0. The van der Waals surface area contributed by atoms with Gasteiger partial charge in [-0.1, -0.05) is 12.1 Å². The molecular weight excluding hydrogens is 576 g/mol. The molecule has 0 spiro atoms. The van der Waals surface area contributed by atoms with Crippen LogP contribution >= 0.6 is 0 Å². The van der Waals surface area contributed by atoms with E-state index in [1.807, 2.05) is 0 Å². The standard InChI is InChI=1S/C28H34O15/c29-11-20-25(42-21(35)6-3-13-1-4-15(30)17(32)9-13)26(43-27-23(37)22(36)19(34)12-40-27)24(38)28(41-20)39-8-7-14-2-5-16(31)18(33)10-14/h1-6,9-10,19-20,22-34,36-38H,7-8,11-12H2/b6-3+/t19-,20+,22+,23+,24+,25+,26+,27+,28+/m0/s1. The van der Waals surface area contributed by atoms with Crippen molar-refractivity contribution in [2.24, 2.45) is 0 Å². The molecule has 2 aliphatic heterocycles. The maximum absolute atomic E-state index is 12.7. The fourth-order valence-corrected chi connectivity index (χ4v) is 4.53. The van der Waals surface area contributed by atoms with Crippen LogP contribution in [0.3, 0.4) is 0 Å². The van der Waals surface area contributed by atoms with Gasteiger partial charge in [0.15, 0.2) is 41.7 Å². The molecule has 4 rings (SSSR count). The van der Waals surface area contributed by atoms with E-state index in [0.717, 1.165) is 6.08 Å². The van der Waals surface area contributed by atoms with Crippen molar-refractivity contribution in [1.82, 2.24) is 0 Å². The lowest BCUT2D eigenvalue weighted by atomic mass is 9.97. The van der Waals surface area contributed by atoms with Crippen LogP contribution in [-0.2, 0) is 34.9 Å². The maximum Gasteiger partial charge on any atom is 0.331 e. The topological polar surface area (TPSA) is 245 Å². The van der Waals surface area contributed by atoms with Gasteiger partial charge in [0.25, 0.3) is 0 Å². The van der Waals surface area contributed by atoms with E-state index < -0.39 is 80.2 Å². The molecule has 2 aliphatic rings. The van der Waals surface area contributed by atoms with E-state index in [0.29, 0.717) is 11.1 Å². The number of ether oxygens (including phenoxy) is 5. The van der Waals surface area contributed by atoms with Gasteiger partial charge in [0.2, 0.25) is 0 Å². The summed E-state index contributed by atoms with van der Waals surface area (Å²) in [4.78, 5) is 12.7. The Hall–Kier alpha value is -3.51. The van der Waals surface area contributed by atoms with Crippen LogP contribution in [-0.4, -0.2) is 127 Å². The van der Waals surface area contributed by atoms with Gasteiger partial charge in [-0.3, -0.25) is 0 Å². The number of carbonyl (C=O) groups excluding carboxylic acids is 1. The molecule has 0 aliphatic carbocycles. The number of carbonyl (C=O) groups is 1. The molecule has 2 fully saturated rings. The number of phenols is 4. The van der Waals surface area contributed by atoms with Gasteiger partial charge in [-0.15, -0.1) is 0 Å². The SMILES string of the molecule is O=C(/C=C/c1ccc(O)c(O)c1)O[C@H]1[C@H](O[C@H]2OC[C@H](O)[C@@H](O)[C@H]2O)[C@@H](O)[C@H](OCCc2ccc(O)c(O)c2)O[C@@H]1CO. The predicted molar refractivity (Wildman–Crippen MR) is 143 cm³/mol. The first kappa shape index (κ1) is 32.4. The molecule has 0 radical (unpaired) electrons. The van der Waals surface area contributed by atoms with Crippen LogP contribution in [0.4, 0.5) is 0 Å². The van der Waals surface area contributed by atoms with E-state index in [1.54, 1.807) is 6.07 Å². The van der Waals surface area contributed by atoms with E-state index in [1.165, 1.54) is 36.4 Å². The second kappa shape index (κ2) is 14.3. The van der Waals surface area contributed by atoms with Gasteiger partial charge in [-0.05, 0) is 47.9 Å². The van der Waals surface area contributed by atoms with Gasteiger partial charge < -0.3 is 69.6 Å². The van der Waals surface area contributed by atoms with Gasteiger partial charge in [-0.2, -0.15) is 0 Å². The van der Waals surface area contributed by atoms with Crippen molar-refractivity contribution < 1.29 is 74.4 Å². The number of esters is 1. The summed E-state index contributed by atoms with van der Waals surface area (Å²) in [6.07, 6.45) is -11.5. The Kier molecular flexibility index (Phi) is 10.8. The second-order valence-electron chi connectivity index (χ2n) is 9.99. The average Bonchev–Trinajstić information content (AvgIpc) is 2.98. The molecule has 2 saturated heterocycles. The number of rotatable bonds is 10. The minimum absolute atomic E-state index is 0.0725. The van der Waals surface area contributed by atoms with Crippen molar-refractivity contribution in [3.63, 3.8) is 0 Å². The van der Waals surface area contributed by atoms with Crippen LogP contribution < -0.4 is 0 Å². The van der Waals surface area contributed by atoms with Crippen molar-refractivity contribution in [2.75, 3.05) is 19.8 Å². The normalized spacial score (nSPS) is 31.2. The number of hydrogen-bond donors (Lipinski definition) is 9. The monoisotopic (exact) mass is 610 g/mol. The molecule has 0 bridgehead atoms. The first-order chi connectivity index (χ1) is 20.5. The van der Waals surface area contributed by atoms with E-state index in [4.69, 9.17) is 23.7 Å². The maximum atomic E-state index is 12.7. The highest BCUT2D eigenvalue weighted by Gasteiger charge is 2.51. The molecule has 0 amide bonds. The lowest BCUT2D eigenvalue weighted by Crippen LogP contribution is -2.64. The van der Waals surface area contributed by atoms with Crippen molar-refractivity contribution >= 4 is 12.0 Å². The van der Waals surface area contributed by atoms with E-state index in [-0.39, 0.29) is 30.3 Å². The highest BCUT2D eigenvalue weighted by molar-refractivity contribution is 5.87. The number of benzene rings is 2. The summed E-state index contributed by atoms with van der Waals surface area (Å²) in [7, 11) is 0. The van der Waals surface area contributed by atoms with E-state index in [2.05, 4.69) is 0 Å². The summed E-state index contributed by atoms with van der Waals surface area (Å²) in [5.74, 6) is -2.39. The fraction of sp³-hybridized carbons (Fsp3) is 0.464.